The fourth-order valence-electron chi connectivity index (χ4n) is 2.76. The Kier molecular flexibility index (Phi) is 15.2. The number of hydrogen-bond donors (Lipinski definition) is 10. The monoisotopic (exact) mass is 534 g/mol. The first-order valence-corrected chi connectivity index (χ1v) is 11.5. The topological polar surface area (TPSA) is 295 Å². The Morgan fingerprint density at radius 2 is 1.28 bits per heavy atom. The summed E-state index contributed by atoms with van der Waals surface area (Å²) in [6.07, 6.45) is -1.29. The average molecular weight is 535 g/mol. The smallest absolute Gasteiger partial charge is 0.326 e. The zero-order chi connectivity index (χ0) is 27.8. The molecule has 4 atom stereocenters. The van der Waals surface area contributed by atoms with Gasteiger partial charge in [-0.05, 0) is 25.7 Å². The van der Waals surface area contributed by atoms with Crippen molar-refractivity contribution in [2.45, 2.75) is 62.7 Å². The number of aliphatic imine (C=N–C) groups is 1. The minimum Gasteiger partial charge on any atom is -0.481 e. The van der Waals surface area contributed by atoms with Crippen molar-refractivity contribution in [3.63, 3.8) is 0 Å². The van der Waals surface area contributed by atoms with E-state index in [0.717, 1.165) is 0 Å². The van der Waals surface area contributed by atoms with Crippen molar-refractivity contribution >= 4 is 54.2 Å². The highest BCUT2D eigenvalue weighted by molar-refractivity contribution is 7.80. The Morgan fingerprint density at radius 1 is 0.778 bits per heavy atom. The Balaban J connectivity index is 5.62. The molecule has 0 aliphatic heterocycles. The largest absolute Gasteiger partial charge is 0.481 e. The molecule has 16 nitrogen and oxygen atoms in total. The molecule has 13 N–H and O–H groups in total. The molecule has 0 aliphatic rings. The van der Waals surface area contributed by atoms with Crippen LogP contribution in [0.1, 0.15) is 38.5 Å². The number of hydrogen-bond acceptors (Lipinski definition) is 9. The van der Waals surface area contributed by atoms with Crippen LogP contribution in [0.5, 0.6) is 0 Å². The zero-order valence-corrected chi connectivity index (χ0v) is 20.4. The van der Waals surface area contributed by atoms with E-state index in [0.29, 0.717) is 0 Å². The normalized spacial score (nSPS) is 13.8. The Bertz CT molecular complexity index is 836. The van der Waals surface area contributed by atoms with Gasteiger partial charge in [-0.15, -0.1) is 0 Å². The fraction of sp³-hybridized carbons (Fsp3) is 0.632. The number of guanidine groups is 1. The van der Waals surface area contributed by atoms with Crippen molar-refractivity contribution in [2.24, 2.45) is 27.9 Å². The molecule has 0 aromatic rings. The van der Waals surface area contributed by atoms with Crippen molar-refractivity contribution in [1.82, 2.24) is 16.0 Å². The van der Waals surface area contributed by atoms with Gasteiger partial charge in [-0.3, -0.25) is 29.0 Å². The number of carboxylic acid groups (broad SMARTS) is 2. The lowest BCUT2D eigenvalue weighted by atomic mass is 10.1. The van der Waals surface area contributed by atoms with E-state index < -0.39 is 72.6 Å². The van der Waals surface area contributed by atoms with Crippen LogP contribution in [-0.2, 0) is 28.8 Å². The van der Waals surface area contributed by atoms with Crippen LogP contribution in [-0.4, -0.2) is 88.2 Å². The van der Waals surface area contributed by atoms with Crippen LogP contribution >= 0.6 is 12.6 Å². The number of carbonyl (C=O) groups excluding carboxylic acids is 4. The van der Waals surface area contributed by atoms with Gasteiger partial charge in [0.1, 0.15) is 18.1 Å². The summed E-state index contributed by atoms with van der Waals surface area (Å²) in [7, 11) is 0. The number of nitrogens with two attached hydrogens (primary N) is 4. The lowest BCUT2D eigenvalue weighted by molar-refractivity contribution is -0.143. The molecule has 36 heavy (non-hydrogen) atoms. The zero-order valence-electron chi connectivity index (χ0n) is 19.5. The molecule has 0 radical (unpaired) electrons. The maximum atomic E-state index is 13.0. The molecule has 0 fully saturated rings. The number of nitrogens with one attached hydrogen (secondary N) is 3. The van der Waals surface area contributed by atoms with Gasteiger partial charge in [0.05, 0.1) is 6.04 Å². The predicted octanol–water partition coefficient (Wildman–Crippen LogP) is -4.03. The van der Waals surface area contributed by atoms with Crippen molar-refractivity contribution < 1.29 is 39.0 Å². The standard InChI is InChI=1S/C19H34N8O8S/c20-9(8-36)15(31)25-10(2-1-7-24-19(22)23)16(32)26-11(3-5-13(21)28)17(33)27-12(18(34)35)4-6-14(29)30/h9-12,36H,1-8,20H2,(H2,21,28)(H,25,31)(H,26,32)(H,27,33)(H,29,30)(H,34,35)(H4,22,23,24). The lowest BCUT2D eigenvalue weighted by Gasteiger charge is -2.25. The second kappa shape index (κ2) is 16.9. The highest BCUT2D eigenvalue weighted by Gasteiger charge is 2.30. The molecule has 0 aromatic heterocycles. The Labute approximate surface area is 212 Å². The molecule has 0 aliphatic carbocycles. The van der Waals surface area contributed by atoms with Crippen LogP contribution in [0.4, 0.5) is 0 Å². The molecule has 4 unspecified atom stereocenters. The SMILES string of the molecule is NC(=O)CCC(NC(=O)C(CCCN=C(N)N)NC(=O)C(N)CS)C(=O)NC(CCC(=O)O)C(=O)O. The van der Waals surface area contributed by atoms with Gasteiger partial charge in [0.2, 0.25) is 23.6 Å². The van der Waals surface area contributed by atoms with Gasteiger partial charge in [-0.25, -0.2) is 4.79 Å². The van der Waals surface area contributed by atoms with E-state index in [1.807, 2.05) is 0 Å². The van der Waals surface area contributed by atoms with Crippen molar-refractivity contribution in [3.05, 3.63) is 0 Å². The fourth-order valence-corrected chi connectivity index (χ4v) is 2.93. The van der Waals surface area contributed by atoms with Crippen LogP contribution in [0, 0.1) is 0 Å². The molecule has 0 heterocycles. The number of primary amides is 1. The third-order valence-electron chi connectivity index (χ3n) is 4.69. The highest BCUT2D eigenvalue weighted by atomic mass is 32.1. The van der Waals surface area contributed by atoms with E-state index in [1.165, 1.54) is 0 Å². The summed E-state index contributed by atoms with van der Waals surface area (Å²) in [6.45, 7) is 0.135. The molecule has 0 aromatic carbocycles. The van der Waals surface area contributed by atoms with E-state index in [2.05, 4.69) is 33.6 Å². The summed E-state index contributed by atoms with van der Waals surface area (Å²) in [5.74, 6) is -6.24. The number of rotatable bonds is 18. The van der Waals surface area contributed by atoms with Gasteiger partial charge in [0.25, 0.3) is 0 Å². The van der Waals surface area contributed by atoms with E-state index in [-0.39, 0.29) is 43.9 Å². The predicted molar refractivity (Wildman–Crippen MR) is 130 cm³/mol. The molecule has 0 saturated heterocycles. The maximum absolute atomic E-state index is 13.0. The molecule has 204 valence electrons. The number of amides is 4. The summed E-state index contributed by atoms with van der Waals surface area (Å²) in [4.78, 5) is 75.1. The summed E-state index contributed by atoms with van der Waals surface area (Å²) in [5, 5.41) is 25.0. The molecular weight excluding hydrogens is 500 g/mol. The second-order valence-corrected chi connectivity index (χ2v) is 8.06. The van der Waals surface area contributed by atoms with Gasteiger partial charge in [0, 0.05) is 25.1 Å². The molecular formula is C19H34N8O8S. The number of carboxylic acids is 2. The molecule has 4 amide bonds. The molecule has 0 spiro atoms. The van der Waals surface area contributed by atoms with Gasteiger partial charge >= 0.3 is 11.9 Å². The van der Waals surface area contributed by atoms with Crippen molar-refractivity contribution in [2.75, 3.05) is 12.3 Å². The van der Waals surface area contributed by atoms with Crippen molar-refractivity contribution in [1.29, 1.82) is 0 Å². The second-order valence-electron chi connectivity index (χ2n) is 7.70. The third kappa shape index (κ3) is 14.0. The van der Waals surface area contributed by atoms with Crippen LogP contribution in [0.25, 0.3) is 0 Å². The van der Waals surface area contributed by atoms with Gasteiger partial charge in [-0.2, -0.15) is 12.6 Å². The van der Waals surface area contributed by atoms with Crippen LogP contribution in [0.15, 0.2) is 4.99 Å². The van der Waals surface area contributed by atoms with Crippen LogP contribution < -0.4 is 38.9 Å². The maximum Gasteiger partial charge on any atom is 0.326 e. The quantitative estimate of drug-likeness (QED) is 0.0349. The first kappa shape index (κ1) is 32.4. The minimum absolute atomic E-state index is 0.00919. The lowest BCUT2D eigenvalue weighted by Crippen LogP contribution is -2.57. The van der Waals surface area contributed by atoms with E-state index in [4.69, 9.17) is 28.0 Å². The molecule has 0 rings (SSSR count). The van der Waals surface area contributed by atoms with Gasteiger partial charge in [-0.1, -0.05) is 0 Å². The van der Waals surface area contributed by atoms with Crippen LogP contribution in [0.2, 0.25) is 0 Å². The molecule has 0 saturated carbocycles. The number of carbonyl (C=O) groups is 6. The molecule has 0 bridgehead atoms. The number of thiol groups is 1. The van der Waals surface area contributed by atoms with Gasteiger partial charge in [0.15, 0.2) is 5.96 Å². The summed E-state index contributed by atoms with van der Waals surface area (Å²) >= 11 is 3.93. The summed E-state index contributed by atoms with van der Waals surface area (Å²) in [5.41, 5.74) is 21.3. The number of aliphatic carboxylic acids is 2. The third-order valence-corrected chi connectivity index (χ3v) is 5.08. The Morgan fingerprint density at radius 3 is 1.75 bits per heavy atom. The number of nitrogens with zero attached hydrogens (tertiary/aromatic N) is 1. The Hall–Kier alpha value is -3.60. The highest BCUT2D eigenvalue weighted by Crippen LogP contribution is 2.06. The average Bonchev–Trinajstić information content (AvgIpc) is 2.79. The molecule has 17 heteroatoms. The summed E-state index contributed by atoms with van der Waals surface area (Å²) < 4.78 is 0. The van der Waals surface area contributed by atoms with E-state index >= 15 is 0 Å². The minimum atomic E-state index is -1.56. The first-order valence-electron chi connectivity index (χ1n) is 10.8. The first-order chi connectivity index (χ1) is 16.8. The van der Waals surface area contributed by atoms with Crippen molar-refractivity contribution in [3.8, 4) is 0 Å². The van der Waals surface area contributed by atoms with Crippen LogP contribution in [0.3, 0.4) is 0 Å². The van der Waals surface area contributed by atoms with Gasteiger partial charge < -0.3 is 49.1 Å². The van der Waals surface area contributed by atoms with E-state index in [1.54, 1.807) is 0 Å². The van der Waals surface area contributed by atoms with E-state index in [9.17, 15) is 33.9 Å². The summed E-state index contributed by atoms with van der Waals surface area (Å²) in [6, 6.07) is -5.21.